The van der Waals surface area contributed by atoms with Crippen LogP contribution in [0.25, 0.3) is 11.0 Å². The normalized spacial score (nSPS) is 15.3. The fourth-order valence-corrected chi connectivity index (χ4v) is 4.44. The predicted octanol–water partition coefficient (Wildman–Crippen LogP) is 6.88. The molecule has 0 bridgehead atoms. The van der Waals surface area contributed by atoms with Gasteiger partial charge in [0.2, 0.25) is 5.76 Å². The minimum atomic E-state index is -4.64. The summed E-state index contributed by atoms with van der Waals surface area (Å²) in [5.41, 5.74) is -1.25. The van der Waals surface area contributed by atoms with Crippen molar-refractivity contribution in [2.75, 3.05) is 11.5 Å². The second-order valence-corrected chi connectivity index (χ2v) is 8.71. The molecule has 0 saturated heterocycles. The maximum absolute atomic E-state index is 14.0. The lowest BCUT2D eigenvalue weighted by Gasteiger charge is -2.26. The molecule has 0 aliphatic carbocycles. The zero-order chi connectivity index (χ0) is 26.3. The Morgan fingerprint density at radius 1 is 1.00 bits per heavy atom. The summed E-state index contributed by atoms with van der Waals surface area (Å²) >= 11 is 0. The quantitative estimate of drug-likeness (QED) is 0.209. The molecule has 1 amide bonds. The van der Waals surface area contributed by atoms with E-state index in [9.17, 15) is 27.2 Å². The molecule has 5 nitrogen and oxygen atoms in total. The highest BCUT2D eigenvalue weighted by Gasteiger charge is 2.44. The fourth-order valence-electron chi connectivity index (χ4n) is 4.44. The number of rotatable bonds is 6. The van der Waals surface area contributed by atoms with E-state index < -0.39 is 34.9 Å². The van der Waals surface area contributed by atoms with Crippen LogP contribution in [0.3, 0.4) is 0 Å². The van der Waals surface area contributed by atoms with Gasteiger partial charge in [-0.3, -0.25) is 14.5 Å². The molecule has 2 heterocycles. The number of ether oxygens (including phenoxy) is 1. The van der Waals surface area contributed by atoms with Crippen molar-refractivity contribution in [2.45, 2.75) is 32.0 Å². The molecule has 5 rings (SSSR count). The Hall–Kier alpha value is -4.14. The highest BCUT2D eigenvalue weighted by Crippen LogP contribution is 2.43. The number of carbonyl (C=O) groups is 1. The summed E-state index contributed by atoms with van der Waals surface area (Å²) in [6.07, 6.45) is -2.82. The van der Waals surface area contributed by atoms with Gasteiger partial charge < -0.3 is 9.15 Å². The molecule has 4 aromatic rings. The Bertz CT molecular complexity index is 1540. The lowest BCUT2D eigenvalue weighted by molar-refractivity contribution is -0.137. The van der Waals surface area contributed by atoms with Gasteiger partial charge in [-0.15, -0.1) is 0 Å². The van der Waals surface area contributed by atoms with Gasteiger partial charge in [0.1, 0.15) is 17.1 Å². The Morgan fingerprint density at radius 2 is 1.76 bits per heavy atom. The van der Waals surface area contributed by atoms with Crippen LogP contribution in [0.1, 0.15) is 53.1 Å². The molecule has 1 aromatic heterocycles. The molecule has 0 saturated carbocycles. The number of nitrogens with zero attached hydrogens (tertiary/aromatic N) is 1. The third-order valence-electron chi connectivity index (χ3n) is 6.25. The van der Waals surface area contributed by atoms with E-state index in [1.165, 1.54) is 18.2 Å². The van der Waals surface area contributed by atoms with Crippen LogP contribution in [0.15, 0.2) is 75.9 Å². The van der Waals surface area contributed by atoms with Crippen molar-refractivity contribution in [3.05, 3.63) is 105 Å². The standard InChI is InChI=1S/C28H21F4NO4/c1-2-3-13-36-20-10-7-16(8-11-20)24-23-25(34)21-15-18(29)9-12-22(21)37-26(23)27(35)33(24)19-6-4-5-17(14-19)28(30,31)32/h4-12,14-15,24H,2-3,13H2,1H3. The molecule has 1 unspecified atom stereocenters. The third kappa shape index (κ3) is 4.45. The first-order chi connectivity index (χ1) is 17.7. The Morgan fingerprint density at radius 3 is 2.46 bits per heavy atom. The highest BCUT2D eigenvalue weighted by molar-refractivity contribution is 6.10. The summed E-state index contributed by atoms with van der Waals surface area (Å²) in [6, 6.07) is 13.2. The first kappa shape index (κ1) is 24.5. The van der Waals surface area contributed by atoms with Gasteiger partial charge >= 0.3 is 6.18 Å². The van der Waals surface area contributed by atoms with Gasteiger partial charge in [-0.1, -0.05) is 31.5 Å². The number of hydrogen-bond acceptors (Lipinski definition) is 4. The number of carbonyl (C=O) groups excluding carboxylic acids is 1. The van der Waals surface area contributed by atoms with E-state index in [0.717, 1.165) is 42.0 Å². The number of fused-ring (bicyclic) bond motifs is 2. The van der Waals surface area contributed by atoms with Crippen molar-refractivity contribution in [2.24, 2.45) is 0 Å². The second-order valence-electron chi connectivity index (χ2n) is 8.71. The molecule has 37 heavy (non-hydrogen) atoms. The molecular formula is C28H21F4NO4. The smallest absolute Gasteiger partial charge is 0.416 e. The number of amides is 1. The van der Waals surface area contributed by atoms with E-state index in [1.807, 2.05) is 6.92 Å². The van der Waals surface area contributed by atoms with E-state index in [1.54, 1.807) is 24.3 Å². The summed E-state index contributed by atoms with van der Waals surface area (Å²) in [4.78, 5) is 28.2. The van der Waals surface area contributed by atoms with Crippen LogP contribution < -0.4 is 15.1 Å². The molecule has 1 atom stereocenters. The number of unbranched alkanes of at least 4 members (excludes halogenated alkanes) is 1. The van der Waals surface area contributed by atoms with E-state index in [0.29, 0.717) is 17.9 Å². The van der Waals surface area contributed by atoms with Gasteiger partial charge in [0.05, 0.1) is 29.2 Å². The van der Waals surface area contributed by atoms with Gasteiger partial charge in [-0.05, 0) is 60.5 Å². The SMILES string of the molecule is CCCCOc1ccc(C2c3c(oc4ccc(F)cc4c3=O)C(=O)N2c2cccc(C(F)(F)F)c2)cc1. The molecule has 0 radical (unpaired) electrons. The molecule has 3 aromatic carbocycles. The minimum absolute atomic E-state index is 0.00261. The van der Waals surface area contributed by atoms with Crippen LogP contribution in [-0.4, -0.2) is 12.5 Å². The van der Waals surface area contributed by atoms with Gasteiger partial charge in [-0.2, -0.15) is 13.2 Å². The molecular weight excluding hydrogens is 490 g/mol. The molecule has 1 aliphatic heterocycles. The molecule has 0 fully saturated rings. The Kier molecular flexibility index (Phi) is 6.23. The van der Waals surface area contributed by atoms with E-state index >= 15 is 0 Å². The Labute approximate surface area is 208 Å². The zero-order valence-corrected chi connectivity index (χ0v) is 19.6. The first-order valence-electron chi connectivity index (χ1n) is 11.7. The maximum Gasteiger partial charge on any atom is 0.416 e. The minimum Gasteiger partial charge on any atom is -0.494 e. The largest absolute Gasteiger partial charge is 0.494 e. The number of anilines is 1. The average Bonchev–Trinajstić information content (AvgIpc) is 3.17. The van der Waals surface area contributed by atoms with Crippen molar-refractivity contribution >= 4 is 22.6 Å². The van der Waals surface area contributed by atoms with E-state index in [-0.39, 0.29) is 28.0 Å². The monoisotopic (exact) mass is 511 g/mol. The lowest BCUT2D eigenvalue weighted by Crippen LogP contribution is -2.29. The van der Waals surface area contributed by atoms with E-state index in [2.05, 4.69) is 0 Å². The van der Waals surface area contributed by atoms with E-state index in [4.69, 9.17) is 9.15 Å². The van der Waals surface area contributed by atoms with Crippen molar-refractivity contribution in [1.29, 1.82) is 0 Å². The van der Waals surface area contributed by atoms with Crippen molar-refractivity contribution < 1.29 is 31.5 Å². The predicted molar refractivity (Wildman–Crippen MR) is 129 cm³/mol. The molecule has 1 aliphatic rings. The zero-order valence-electron chi connectivity index (χ0n) is 19.6. The van der Waals surface area contributed by atoms with Crippen molar-refractivity contribution in [3.63, 3.8) is 0 Å². The first-order valence-corrected chi connectivity index (χ1v) is 11.7. The topological polar surface area (TPSA) is 59.8 Å². The summed E-state index contributed by atoms with van der Waals surface area (Å²) in [7, 11) is 0. The summed E-state index contributed by atoms with van der Waals surface area (Å²) in [5, 5.41) is -0.0676. The Balaban J connectivity index is 1.69. The fraction of sp³-hybridized carbons (Fsp3) is 0.214. The number of alkyl halides is 3. The number of benzene rings is 3. The van der Waals surface area contributed by atoms with Crippen LogP contribution in [0.5, 0.6) is 5.75 Å². The maximum atomic E-state index is 14.0. The molecule has 9 heteroatoms. The van der Waals surface area contributed by atoms with Crippen molar-refractivity contribution in [3.8, 4) is 5.75 Å². The average molecular weight is 511 g/mol. The van der Waals surface area contributed by atoms with Gasteiger partial charge in [0, 0.05) is 5.69 Å². The number of hydrogen-bond donors (Lipinski definition) is 0. The third-order valence-corrected chi connectivity index (χ3v) is 6.25. The van der Waals surface area contributed by atoms with Crippen LogP contribution in [0.2, 0.25) is 0 Å². The summed E-state index contributed by atoms with van der Waals surface area (Å²) in [5.74, 6) is -1.16. The number of halogens is 4. The van der Waals surface area contributed by atoms with Crippen molar-refractivity contribution in [1.82, 2.24) is 0 Å². The highest BCUT2D eigenvalue weighted by atomic mass is 19.4. The van der Waals surface area contributed by atoms with Crippen LogP contribution >= 0.6 is 0 Å². The molecule has 0 N–H and O–H groups in total. The lowest BCUT2D eigenvalue weighted by atomic mass is 9.98. The summed E-state index contributed by atoms with van der Waals surface area (Å²) in [6.45, 7) is 2.54. The summed E-state index contributed by atoms with van der Waals surface area (Å²) < 4.78 is 65.8. The van der Waals surface area contributed by atoms with Gasteiger partial charge in [-0.25, -0.2) is 4.39 Å². The van der Waals surface area contributed by atoms with Gasteiger partial charge in [0.25, 0.3) is 5.91 Å². The molecule has 0 spiro atoms. The van der Waals surface area contributed by atoms with Crippen LogP contribution in [0.4, 0.5) is 23.2 Å². The van der Waals surface area contributed by atoms with Gasteiger partial charge in [0.15, 0.2) is 5.43 Å². The van der Waals surface area contributed by atoms with Crippen LogP contribution in [-0.2, 0) is 6.18 Å². The second kappa shape index (κ2) is 9.38. The molecule has 190 valence electrons. The van der Waals surface area contributed by atoms with Crippen LogP contribution in [0, 0.1) is 5.82 Å².